The van der Waals surface area contributed by atoms with Crippen LogP contribution in [-0.4, -0.2) is 24.1 Å². The van der Waals surface area contributed by atoms with E-state index in [1.54, 1.807) is 0 Å². The van der Waals surface area contributed by atoms with E-state index in [1.165, 1.54) is 22.1 Å². The van der Waals surface area contributed by atoms with Gasteiger partial charge in [-0.3, -0.25) is 0 Å². The van der Waals surface area contributed by atoms with Crippen LogP contribution in [0.2, 0.25) is 0 Å². The number of anilines is 1. The summed E-state index contributed by atoms with van der Waals surface area (Å²) in [5.74, 6) is 1.49. The summed E-state index contributed by atoms with van der Waals surface area (Å²) in [5.41, 5.74) is 1.20. The lowest BCUT2D eigenvalue weighted by Crippen LogP contribution is -2.26. The molecule has 2 atom stereocenters. The van der Waals surface area contributed by atoms with Crippen molar-refractivity contribution in [2.45, 2.75) is 53.6 Å². The molecule has 1 aliphatic rings. The molecule has 1 fully saturated rings. The summed E-state index contributed by atoms with van der Waals surface area (Å²) in [5, 5.41) is 4.74. The largest absolute Gasteiger partial charge is 0.345 e. The monoisotopic (exact) mass is 281 g/mol. The lowest BCUT2D eigenvalue weighted by Gasteiger charge is -2.19. The first-order valence-electron chi connectivity index (χ1n) is 7.41. The van der Waals surface area contributed by atoms with Crippen molar-refractivity contribution in [2.24, 2.45) is 11.8 Å². The molecule has 0 saturated carbocycles. The van der Waals surface area contributed by atoms with Gasteiger partial charge in [-0.05, 0) is 38.6 Å². The van der Waals surface area contributed by atoms with Crippen molar-refractivity contribution in [3.05, 3.63) is 10.6 Å². The minimum Gasteiger partial charge on any atom is -0.345 e. The van der Waals surface area contributed by atoms with Crippen LogP contribution in [0, 0.1) is 18.8 Å². The van der Waals surface area contributed by atoms with Gasteiger partial charge in [0.2, 0.25) is 0 Å². The summed E-state index contributed by atoms with van der Waals surface area (Å²) < 4.78 is 0. The van der Waals surface area contributed by atoms with Crippen LogP contribution in [0.15, 0.2) is 0 Å². The molecule has 0 spiro atoms. The van der Waals surface area contributed by atoms with Crippen LogP contribution >= 0.6 is 11.3 Å². The van der Waals surface area contributed by atoms with Gasteiger partial charge in [-0.15, -0.1) is 11.3 Å². The van der Waals surface area contributed by atoms with E-state index in [1.807, 2.05) is 11.3 Å². The number of thiazole rings is 1. The molecule has 108 valence electrons. The molecule has 2 rings (SSSR count). The van der Waals surface area contributed by atoms with Gasteiger partial charge in [-0.2, -0.15) is 0 Å². The van der Waals surface area contributed by atoms with Crippen molar-refractivity contribution < 1.29 is 0 Å². The van der Waals surface area contributed by atoms with Crippen molar-refractivity contribution in [3.63, 3.8) is 0 Å². The number of nitrogens with one attached hydrogen (secondary N) is 1. The molecular weight excluding hydrogens is 254 g/mol. The van der Waals surface area contributed by atoms with Crippen molar-refractivity contribution in [2.75, 3.05) is 18.0 Å². The Morgan fingerprint density at radius 2 is 2.16 bits per heavy atom. The second kappa shape index (κ2) is 6.23. The summed E-state index contributed by atoms with van der Waals surface area (Å²) in [6, 6.07) is 0.636. The number of hydrogen-bond donors (Lipinski definition) is 1. The third-order valence-electron chi connectivity index (χ3n) is 3.75. The summed E-state index contributed by atoms with van der Waals surface area (Å²) in [4.78, 5) is 8.65. The molecule has 1 aromatic rings. The number of nitrogens with zero attached hydrogens (tertiary/aromatic N) is 2. The predicted molar refractivity (Wildman–Crippen MR) is 84.0 cm³/mol. The molecule has 1 aromatic heterocycles. The average molecular weight is 281 g/mol. The van der Waals surface area contributed by atoms with Crippen LogP contribution in [0.25, 0.3) is 0 Å². The lowest BCUT2D eigenvalue weighted by molar-refractivity contribution is 0.554. The molecule has 1 aliphatic heterocycles. The van der Waals surface area contributed by atoms with Crippen LogP contribution < -0.4 is 10.2 Å². The molecule has 1 saturated heterocycles. The fourth-order valence-corrected chi connectivity index (χ4v) is 3.88. The fraction of sp³-hybridized carbons (Fsp3) is 0.800. The lowest BCUT2D eigenvalue weighted by atomic mass is 10.1. The maximum Gasteiger partial charge on any atom is 0.186 e. The van der Waals surface area contributed by atoms with E-state index >= 15 is 0 Å². The zero-order chi connectivity index (χ0) is 14.0. The van der Waals surface area contributed by atoms with E-state index in [0.717, 1.165) is 25.6 Å². The zero-order valence-electron chi connectivity index (χ0n) is 12.9. The molecule has 3 nitrogen and oxygen atoms in total. The minimum absolute atomic E-state index is 0.636. The first-order chi connectivity index (χ1) is 8.97. The highest BCUT2D eigenvalue weighted by molar-refractivity contribution is 7.15. The predicted octanol–water partition coefficient (Wildman–Crippen LogP) is 3.43. The first kappa shape index (κ1) is 14.8. The average Bonchev–Trinajstić information content (AvgIpc) is 2.82. The van der Waals surface area contributed by atoms with Crippen LogP contribution in [-0.2, 0) is 6.54 Å². The Kier molecular flexibility index (Phi) is 4.85. The molecule has 0 aliphatic carbocycles. The van der Waals surface area contributed by atoms with Gasteiger partial charge in [0.1, 0.15) is 0 Å². The third kappa shape index (κ3) is 3.69. The second-order valence-electron chi connectivity index (χ2n) is 6.37. The number of aromatic nitrogens is 1. The summed E-state index contributed by atoms with van der Waals surface area (Å²) >= 11 is 1.87. The highest BCUT2D eigenvalue weighted by Crippen LogP contribution is 2.33. The number of aryl methyl sites for hydroxylation is 1. The Morgan fingerprint density at radius 1 is 1.42 bits per heavy atom. The van der Waals surface area contributed by atoms with Crippen LogP contribution in [0.3, 0.4) is 0 Å². The van der Waals surface area contributed by atoms with Crippen molar-refractivity contribution >= 4 is 16.5 Å². The fourth-order valence-electron chi connectivity index (χ4n) is 2.74. The van der Waals surface area contributed by atoms with Gasteiger partial charge in [0.25, 0.3) is 0 Å². The Bertz CT molecular complexity index is 414. The van der Waals surface area contributed by atoms with Gasteiger partial charge in [0.05, 0.1) is 5.69 Å². The molecule has 2 heterocycles. The molecule has 4 heteroatoms. The summed E-state index contributed by atoms with van der Waals surface area (Å²) in [7, 11) is 0. The van der Waals surface area contributed by atoms with Crippen LogP contribution in [0.5, 0.6) is 0 Å². The van der Waals surface area contributed by atoms with Crippen LogP contribution in [0.1, 0.15) is 44.7 Å². The standard InChI is InChI=1S/C15H27N3S/c1-10(2)7-16-8-14-13(5)17-15(19-14)18-9-11(3)6-12(18)4/h10-12,16H,6-9H2,1-5H3. The molecule has 1 N–H and O–H groups in total. The topological polar surface area (TPSA) is 28.2 Å². The highest BCUT2D eigenvalue weighted by atomic mass is 32.1. The summed E-state index contributed by atoms with van der Waals surface area (Å²) in [6.45, 7) is 14.5. The third-order valence-corrected chi connectivity index (χ3v) is 4.94. The zero-order valence-corrected chi connectivity index (χ0v) is 13.7. The van der Waals surface area contributed by atoms with Gasteiger partial charge in [-0.1, -0.05) is 20.8 Å². The van der Waals surface area contributed by atoms with Gasteiger partial charge in [0.15, 0.2) is 5.13 Å². The number of rotatable bonds is 5. The molecule has 0 bridgehead atoms. The van der Waals surface area contributed by atoms with Gasteiger partial charge in [0, 0.05) is 24.0 Å². The molecule has 0 amide bonds. The van der Waals surface area contributed by atoms with E-state index in [2.05, 4.69) is 44.8 Å². The van der Waals surface area contributed by atoms with E-state index in [0.29, 0.717) is 12.0 Å². The quantitative estimate of drug-likeness (QED) is 0.896. The Hall–Kier alpha value is -0.610. The van der Waals surface area contributed by atoms with Gasteiger partial charge in [-0.25, -0.2) is 4.98 Å². The van der Waals surface area contributed by atoms with Gasteiger partial charge >= 0.3 is 0 Å². The molecule has 19 heavy (non-hydrogen) atoms. The molecular formula is C15H27N3S. The summed E-state index contributed by atoms with van der Waals surface area (Å²) in [6.07, 6.45) is 1.29. The van der Waals surface area contributed by atoms with E-state index in [9.17, 15) is 0 Å². The normalized spacial score (nSPS) is 23.6. The second-order valence-corrected chi connectivity index (χ2v) is 7.43. The van der Waals surface area contributed by atoms with Crippen molar-refractivity contribution in [3.8, 4) is 0 Å². The van der Waals surface area contributed by atoms with Crippen molar-refractivity contribution in [1.82, 2.24) is 10.3 Å². The molecule has 2 unspecified atom stereocenters. The van der Waals surface area contributed by atoms with E-state index in [4.69, 9.17) is 4.98 Å². The maximum atomic E-state index is 4.78. The van der Waals surface area contributed by atoms with E-state index in [-0.39, 0.29) is 0 Å². The first-order valence-corrected chi connectivity index (χ1v) is 8.22. The number of hydrogen-bond acceptors (Lipinski definition) is 4. The SMILES string of the molecule is Cc1nc(N2CC(C)CC2C)sc1CNCC(C)C. The van der Waals surface area contributed by atoms with Gasteiger partial charge < -0.3 is 10.2 Å². The molecule has 0 aromatic carbocycles. The van der Waals surface area contributed by atoms with E-state index < -0.39 is 0 Å². The maximum absolute atomic E-state index is 4.78. The molecule has 0 radical (unpaired) electrons. The minimum atomic E-state index is 0.636. The Balaban J connectivity index is 2.00. The van der Waals surface area contributed by atoms with Crippen molar-refractivity contribution in [1.29, 1.82) is 0 Å². The highest BCUT2D eigenvalue weighted by Gasteiger charge is 2.28. The van der Waals surface area contributed by atoms with Crippen LogP contribution in [0.4, 0.5) is 5.13 Å². The smallest absolute Gasteiger partial charge is 0.186 e. The Labute approximate surface area is 121 Å². The Morgan fingerprint density at radius 3 is 2.74 bits per heavy atom.